The van der Waals surface area contributed by atoms with E-state index < -0.39 is 12.0 Å². The Kier molecular flexibility index (Phi) is 3.55. The van der Waals surface area contributed by atoms with Gasteiger partial charge in [-0.2, -0.15) is 0 Å². The van der Waals surface area contributed by atoms with Crippen molar-refractivity contribution in [1.82, 2.24) is 5.32 Å². The Hall–Kier alpha value is -2.08. The second-order valence-corrected chi connectivity index (χ2v) is 5.48. The van der Waals surface area contributed by atoms with Crippen molar-refractivity contribution < 1.29 is 19.4 Å². The van der Waals surface area contributed by atoms with Gasteiger partial charge in [0.2, 0.25) is 0 Å². The lowest BCUT2D eigenvalue weighted by molar-refractivity contribution is -0.138. The predicted octanol–water partition coefficient (Wildman–Crippen LogP) is 1.39. The molecule has 1 aromatic carbocycles. The molecule has 2 aliphatic heterocycles. The average Bonchev–Trinajstić information content (AvgIpc) is 3.03. The molecule has 1 saturated heterocycles. The summed E-state index contributed by atoms with van der Waals surface area (Å²) in [4.78, 5) is 25.3. The van der Waals surface area contributed by atoms with Crippen molar-refractivity contribution in [3.63, 3.8) is 0 Å². The Bertz CT molecular complexity index is 575. The normalized spacial score (nSPS) is 27.5. The van der Waals surface area contributed by atoms with Crippen LogP contribution in [0.3, 0.4) is 0 Å². The minimum absolute atomic E-state index is 0.0462. The maximum Gasteiger partial charge on any atom is 0.327 e. The lowest BCUT2D eigenvalue weighted by atomic mass is 10.1. The maximum atomic E-state index is 12.5. The molecule has 2 aliphatic rings. The molecular weight excluding hydrogens is 272 g/mol. The molecule has 3 unspecified atom stereocenters. The molecule has 2 N–H and O–H groups in total. The number of aliphatic carboxylic acids is 1. The van der Waals surface area contributed by atoms with Crippen LogP contribution < -0.4 is 10.2 Å². The summed E-state index contributed by atoms with van der Waals surface area (Å²) in [6, 6.07) is 6.03. The second kappa shape index (κ2) is 5.37. The Balaban J connectivity index is 1.83. The molecule has 1 fully saturated rings. The summed E-state index contributed by atoms with van der Waals surface area (Å²) in [7, 11) is 0. The van der Waals surface area contributed by atoms with Crippen molar-refractivity contribution in [2.45, 2.75) is 38.0 Å². The molecule has 0 aliphatic carbocycles. The van der Waals surface area contributed by atoms with Crippen LogP contribution in [0.4, 0.5) is 10.5 Å². The summed E-state index contributed by atoms with van der Waals surface area (Å²) >= 11 is 0. The molecule has 2 amide bonds. The quantitative estimate of drug-likeness (QED) is 0.862. The number of fused-ring (bicyclic) bond motifs is 1. The fourth-order valence-electron chi connectivity index (χ4n) is 2.98. The van der Waals surface area contributed by atoms with Crippen LogP contribution in [0.5, 0.6) is 0 Å². The molecule has 3 rings (SSSR count). The molecule has 2 heterocycles. The fourth-order valence-corrected chi connectivity index (χ4v) is 2.98. The van der Waals surface area contributed by atoms with Crippen LogP contribution in [0.1, 0.15) is 18.9 Å². The van der Waals surface area contributed by atoms with Gasteiger partial charge in [0.25, 0.3) is 0 Å². The van der Waals surface area contributed by atoms with Gasteiger partial charge in [-0.1, -0.05) is 18.2 Å². The molecule has 3 atom stereocenters. The molecule has 0 aromatic heterocycles. The van der Waals surface area contributed by atoms with E-state index >= 15 is 0 Å². The molecule has 6 heteroatoms. The summed E-state index contributed by atoms with van der Waals surface area (Å²) in [6.45, 7) is 2.52. The molecule has 0 spiro atoms. The zero-order valence-electron chi connectivity index (χ0n) is 11.8. The highest BCUT2D eigenvalue weighted by Gasteiger charge is 2.39. The number of carbonyl (C=O) groups excluding carboxylic acids is 1. The van der Waals surface area contributed by atoms with Gasteiger partial charge in [-0.25, -0.2) is 9.59 Å². The first kappa shape index (κ1) is 13.9. The first-order chi connectivity index (χ1) is 10.1. The molecule has 112 valence electrons. The van der Waals surface area contributed by atoms with E-state index in [1.165, 1.54) is 4.90 Å². The lowest BCUT2D eigenvalue weighted by Crippen LogP contribution is -2.52. The molecule has 0 saturated carbocycles. The number of benzene rings is 1. The predicted molar refractivity (Wildman–Crippen MR) is 76.4 cm³/mol. The molecule has 0 bridgehead atoms. The summed E-state index contributed by atoms with van der Waals surface area (Å²) in [5.41, 5.74) is 1.56. The third kappa shape index (κ3) is 2.47. The Morgan fingerprint density at radius 1 is 1.38 bits per heavy atom. The van der Waals surface area contributed by atoms with E-state index in [-0.39, 0.29) is 18.2 Å². The Morgan fingerprint density at radius 2 is 2.14 bits per heavy atom. The number of hydrogen-bond donors (Lipinski definition) is 2. The van der Waals surface area contributed by atoms with Gasteiger partial charge in [0.15, 0.2) is 0 Å². The third-order valence-corrected chi connectivity index (χ3v) is 4.17. The first-order valence-electron chi connectivity index (χ1n) is 7.10. The van der Waals surface area contributed by atoms with E-state index in [0.717, 1.165) is 12.0 Å². The van der Waals surface area contributed by atoms with Gasteiger partial charge in [0, 0.05) is 18.7 Å². The highest BCUT2D eigenvalue weighted by molar-refractivity contribution is 6.01. The second-order valence-electron chi connectivity index (χ2n) is 5.48. The van der Waals surface area contributed by atoms with Crippen LogP contribution in [-0.4, -0.2) is 41.9 Å². The number of rotatable bonds is 2. The number of carboxylic acids is 1. The van der Waals surface area contributed by atoms with Gasteiger partial charge in [0.05, 0.1) is 12.1 Å². The van der Waals surface area contributed by atoms with E-state index in [2.05, 4.69) is 5.32 Å². The topological polar surface area (TPSA) is 78.9 Å². The largest absolute Gasteiger partial charge is 0.480 e. The van der Waals surface area contributed by atoms with E-state index in [0.29, 0.717) is 18.7 Å². The number of hydrogen-bond acceptors (Lipinski definition) is 3. The number of ether oxygens (including phenoxy) is 1. The number of nitrogens with one attached hydrogen (secondary N) is 1. The smallest absolute Gasteiger partial charge is 0.327 e. The van der Waals surface area contributed by atoms with Crippen LogP contribution in [0.25, 0.3) is 0 Å². The number of para-hydroxylation sites is 1. The van der Waals surface area contributed by atoms with Crippen molar-refractivity contribution in [2.24, 2.45) is 0 Å². The van der Waals surface area contributed by atoms with E-state index in [1.807, 2.05) is 25.1 Å². The maximum absolute atomic E-state index is 12.5. The number of anilines is 1. The lowest BCUT2D eigenvalue weighted by Gasteiger charge is -2.26. The monoisotopic (exact) mass is 290 g/mol. The van der Waals surface area contributed by atoms with Gasteiger partial charge in [-0.05, 0) is 25.0 Å². The van der Waals surface area contributed by atoms with Crippen molar-refractivity contribution >= 4 is 17.7 Å². The van der Waals surface area contributed by atoms with Crippen molar-refractivity contribution in [3.8, 4) is 0 Å². The zero-order valence-corrected chi connectivity index (χ0v) is 11.8. The van der Waals surface area contributed by atoms with E-state index in [1.54, 1.807) is 6.07 Å². The van der Waals surface area contributed by atoms with Crippen LogP contribution >= 0.6 is 0 Å². The summed E-state index contributed by atoms with van der Waals surface area (Å²) in [5, 5.41) is 12.3. The van der Waals surface area contributed by atoms with Crippen molar-refractivity contribution in [3.05, 3.63) is 29.8 Å². The highest BCUT2D eigenvalue weighted by Crippen LogP contribution is 2.32. The van der Waals surface area contributed by atoms with Gasteiger partial charge >= 0.3 is 12.0 Å². The van der Waals surface area contributed by atoms with E-state index in [9.17, 15) is 14.7 Å². The first-order valence-corrected chi connectivity index (χ1v) is 7.10. The molecular formula is C15H18N2O4. The number of nitrogens with zero attached hydrogens (tertiary/aromatic N) is 1. The Morgan fingerprint density at radius 3 is 2.81 bits per heavy atom. The molecule has 0 radical (unpaired) electrons. The number of carboxylic acid groups (broad SMARTS) is 1. The zero-order chi connectivity index (χ0) is 15.0. The molecule has 6 nitrogen and oxygen atoms in total. The number of urea groups is 1. The van der Waals surface area contributed by atoms with Crippen molar-refractivity contribution in [1.29, 1.82) is 0 Å². The van der Waals surface area contributed by atoms with Gasteiger partial charge in [-0.3, -0.25) is 4.90 Å². The van der Waals surface area contributed by atoms with Gasteiger partial charge in [0.1, 0.15) is 6.04 Å². The van der Waals surface area contributed by atoms with Crippen molar-refractivity contribution in [2.75, 3.05) is 11.5 Å². The van der Waals surface area contributed by atoms with Gasteiger partial charge < -0.3 is 15.2 Å². The van der Waals surface area contributed by atoms with E-state index in [4.69, 9.17) is 4.74 Å². The number of amides is 2. The fraction of sp³-hybridized carbons (Fsp3) is 0.467. The summed E-state index contributed by atoms with van der Waals surface area (Å²) in [6.07, 6.45) is 1.05. The van der Waals surface area contributed by atoms with Crippen LogP contribution in [0, 0.1) is 0 Å². The van der Waals surface area contributed by atoms with Crippen LogP contribution in [-0.2, 0) is 16.0 Å². The standard InChI is InChI=1S/C15H18N2O4/c1-9-11(6-7-21-9)16-15(20)17-12-5-3-2-4-10(12)8-13(17)14(18)19/h2-5,9,11,13H,6-8H2,1H3,(H,16,20)(H,18,19). The third-order valence-electron chi connectivity index (χ3n) is 4.17. The number of carbonyl (C=O) groups is 2. The summed E-state index contributed by atoms with van der Waals surface area (Å²) in [5.74, 6) is -0.989. The molecule has 21 heavy (non-hydrogen) atoms. The SMILES string of the molecule is CC1OCCC1NC(=O)N1c2ccccc2CC1C(=O)O. The summed E-state index contributed by atoms with van der Waals surface area (Å²) < 4.78 is 5.42. The van der Waals surface area contributed by atoms with Crippen LogP contribution in [0.15, 0.2) is 24.3 Å². The molecule has 1 aromatic rings. The minimum Gasteiger partial charge on any atom is -0.480 e. The van der Waals surface area contributed by atoms with Gasteiger partial charge in [-0.15, -0.1) is 0 Å². The highest BCUT2D eigenvalue weighted by atomic mass is 16.5. The minimum atomic E-state index is -0.989. The average molecular weight is 290 g/mol. The Labute approximate surface area is 122 Å². The van der Waals surface area contributed by atoms with Crippen LogP contribution in [0.2, 0.25) is 0 Å².